The van der Waals surface area contributed by atoms with E-state index in [1.54, 1.807) is 35.5 Å². The zero-order chi connectivity index (χ0) is 26.5. The second-order valence-electron chi connectivity index (χ2n) is 9.46. The number of amides is 3. The van der Waals surface area contributed by atoms with Crippen molar-refractivity contribution < 1.29 is 19.1 Å². The molecule has 2 aliphatic heterocycles. The molecule has 0 unspecified atom stereocenters. The largest absolute Gasteiger partial charge is 0.465 e. The van der Waals surface area contributed by atoms with E-state index in [0.717, 1.165) is 16.0 Å². The van der Waals surface area contributed by atoms with Gasteiger partial charge in [0.1, 0.15) is 5.54 Å². The van der Waals surface area contributed by atoms with Crippen LogP contribution in [-0.4, -0.2) is 60.5 Å². The number of rotatable bonds is 5. The van der Waals surface area contributed by atoms with Gasteiger partial charge in [-0.15, -0.1) is 11.3 Å². The maximum absolute atomic E-state index is 14.2. The number of halogens is 2. The van der Waals surface area contributed by atoms with Crippen molar-refractivity contribution >= 4 is 58.1 Å². The fourth-order valence-electron chi connectivity index (χ4n) is 5.33. The predicted molar refractivity (Wildman–Crippen MR) is 145 cm³/mol. The summed E-state index contributed by atoms with van der Waals surface area (Å²) in [5, 5.41) is 2.45. The number of carbonyl (C=O) groups excluding carboxylic acids is 3. The first-order valence-electron chi connectivity index (χ1n) is 11.7. The molecular formula is C27H25Cl2N3O4S. The smallest absolute Gasteiger partial charge is 0.338 e. The molecule has 3 heterocycles. The van der Waals surface area contributed by atoms with Gasteiger partial charge in [-0.25, -0.2) is 14.5 Å². The third-order valence-electron chi connectivity index (χ3n) is 7.17. The molecule has 2 saturated heterocycles. The van der Waals surface area contributed by atoms with Gasteiger partial charge in [0.2, 0.25) is 0 Å². The third kappa shape index (κ3) is 4.42. The monoisotopic (exact) mass is 557 g/mol. The Hall–Kier alpha value is -2.91. The van der Waals surface area contributed by atoms with Crippen LogP contribution in [-0.2, 0) is 16.1 Å². The number of urea groups is 1. The van der Waals surface area contributed by atoms with Crippen molar-refractivity contribution in [3.63, 3.8) is 0 Å². The fourth-order valence-corrected chi connectivity index (χ4v) is 6.74. The van der Waals surface area contributed by atoms with Crippen molar-refractivity contribution in [1.29, 1.82) is 0 Å². The number of anilines is 1. The van der Waals surface area contributed by atoms with Crippen LogP contribution in [0.1, 0.15) is 32.3 Å². The topological polar surface area (TPSA) is 70.2 Å². The molecule has 2 aliphatic rings. The first-order valence-corrected chi connectivity index (χ1v) is 13.3. The van der Waals surface area contributed by atoms with E-state index in [9.17, 15) is 14.4 Å². The van der Waals surface area contributed by atoms with Crippen LogP contribution in [0.2, 0.25) is 10.0 Å². The Morgan fingerprint density at radius 2 is 1.78 bits per heavy atom. The summed E-state index contributed by atoms with van der Waals surface area (Å²) in [6.07, 6.45) is 0. The van der Waals surface area contributed by atoms with E-state index in [1.165, 1.54) is 23.3 Å². The Morgan fingerprint density at radius 3 is 2.43 bits per heavy atom. The van der Waals surface area contributed by atoms with E-state index < -0.39 is 11.6 Å². The Balaban J connectivity index is 1.54. The lowest BCUT2D eigenvalue weighted by Crippen LogP contribution is -2.53. The highest BCUT2D eigenvalue weighted by Crippen LogP contribution is 2.47. The minimum atomic E-state index is -1.12. The molecule has 0 bridgehead atoms. The number of esters is 1. The zero-order valence-electron chi connectivity index (χ0n) is 20.5. The van der Waals surface area contributed by atoms with Gasteiger partial charge in [0, 0.05) is 52.9 Å². The number of methoxy groups -OCH3 is 1. The lowest BCUT2D eigenvalue weighted by molar-refractivity contribution is -0.124. The second-order valence-corrected chi connectivity index (χ2v) is 11.3. The van der Waals surface area contributed by atoms with Gasteiger partial charge < -0.3 is 9.64 Å². The van der Waals surface area contributed by atoms with Crippen molar-refractivity contribution in [2.75, 3.05) is 32.1 Å². The Morgan fingerprint density at radius 1 is 1.11 bits per heavy atom. The van der Waals surface area contributed by atoms with Crippen molar-refractivity contribution in [2.24, 2.45) is 0 Å². The molecule has 2 fully saturated rings. The van der Waals surface area contributed by atoms with Gasteiger partial charge in [0.15, 0.2) is 0 Å². The van der Waals surface area contributed by atoms with E-state index in [2.05, 4.69) is 4.90 Å². The molecule has 192 valence electrons. The van der Waals surface area contributed by atoms with Crippen LogP contribution in [0.4, 0.5) is 10.5 Å². The molecule has 1 aromatic heterocycles. The van der Waals surface area contributed by atoms with E-state index >= 15 is 0 Å². The standard InChI is InChI=1S/C27H25Cl2N3O4S/c1-16-4-6-17(7-5-16)23-13-31(12-22-8-18(14-37-22)24(33)36-3)15-27(23)25(34)32(26(35)30(27)2)21-10-19(28)9-20(29)11-21/h4-11,14,23H,12-13,15H2,1-3H3/t23-,27+/m0/s1. The number of carbonyl (C=O) groups is 3. The summed E-state index contributed by atoms with van der Waals surface area (Å²) >= 11 is 13.9. The number of likely N-dealkylation sites (N-methyl/N-ethyl adjacent to an activating group) is 1. The molecule has 5 rings (SSSR count). The van der Waals surface area contributed by atoms with Crippen molar-refractivity contribution in [1.82, 2.24) is 9.80 Å². The average Bonchev–Trinajstić information content (AvgIpc) is 3.53. The summed E-state index contributed by atoms with van der Waals surface area (Å²) in [4.78, 5) is 45.6. The summed E-state index contributed by atoms with van der Waals surface area (Å²) < 4.78 is 4.83. The summed E-state index contributed by atoms with van der Waals surface area (Å²) in [5.74, 6) is -0.966. The maximum Gasteiger partial charge on any atom is 0.338 e. The number of nitrogens with zero attached hydrogens (tertiary/aromatic N) is 3. The molecule has 37 heavy (non-hydrogen) atoms. The molecule has 7 nitrogen and oxygen atoms in total. The van der Waals surface area contributed by atoms with Gasteiger partial charge in [0.05, 0.1) is 18.4 Å². The summed E-state index contributed by atoms with van der Waals surface area (Å²) in [5.41, 5.74) is 1.81. The van der Waals surface area contributed by atoms with Crippen molar-refractivity contribution in [3.05, 3.63) is 85.5 Å². The van der Waals surface area contributed by atoms with E-state index in [4.69, 9.17) is 27.9 Å². The molecule has 2 aromatic carbocycles. The minimum absolute atomic E-state index is 0.269. The van der Waals surface area contributed by atoms with Crippen LogP contribution in [0, 0.1) is 6.92 Å². The Kier molecular flexibility index (Phi) is 6.79. The molecule has 10 heteroatoms. The van der Waals surface area contributed by atoms with Crippen LogP contribution < -0.4 is 4.90 Å². The van der Waals surface area contributed by atoms with Crippen LogP contribution in [0.25, 0.3) is 0 Å². The zero-order valence-corrected chi connectivity index (χ0v) is 22.9. The van der Waals surface area contributed by atoms with Crippen LogP contribution in [0.5, 0.6) is 0 Å². The number of hydrogen-bond donors (Lipinski definition) is 0. The molecule has 3 aromatic rings. The molecular weight excluding hydrogens is 533 g/mol. The summed E-state index contributed by atoms with van der Waals surface area (Å²) in [7, 11) is 3.03. The first kappa shape index (κ1) is 25.7. The van der Waals surface area contributed by atoms with Crippen LogP contribution in [0.3, 0.4) is 0 Å². The number of aryl methyl sites for hydroxylation is 1. The van der Waals surface area contributed by atoms with Crippen LogP contribution in [0.15, 0.2) is 53.9 Å². The SMILES string of the molecule is COC(=O)c1csc(CN2C[C@@H](c3ccc(C)cc3)[C@]3(C2)C(=O)N(c2cc(Cl)cc(Cl)c2)C(=O)N3C)c1. The molecule has 0 aliphatic carbocycles. The van der Waals surface area contributed by atoms with Gasteiger partial charge >= 0.3 is 12.0 Å². The van der Waals surface area contributed by atoms with Gasteiger partial charge in [-0.1, -0.05) is 53.0 Å². The number of ether oxygens (including phenoxy) is 1. The highest BCUT2D eigenvalue weighted by Gasteiger charge is 2.64. The van der Waals surface area contributed by atoms with E-state index in [0.29, 0.717) is 40.9 Å². The maximum atomic E-state index is 14.2. The summed E-state index contributed by atoms with van der Waals surface area (Å²) in [6.45, 7) is 3.44. The molecule has 0 radical (unpaired) electrons. The van der Waals surface area contributed by atoms with Gasteiger partial charge in [-0.2, -0.15) is 0 Å². The van der Waals surface area contributed by atoms with Gasteiger partial charge in [-0.3, -0.25) is 9.69 Å². The molecule has 0 saturated carbocycles. The number of hydrogen-bond acceptors (Lipinski definition) is 6. The molecule has 0 N–H and O–H groups in total. The van der Waals surface area contributed by atoms with E-state index in [1.807, 2.05) is 37.3 Å². The highest BCUT2D eigenvalue weighted by molar-refractivity contribution is 7.10. The average molecular weight is 558 g/mol. The highest BCUT2D eigenvalue weighted by atomic mass is 35.5. The predicted octanol–water partition coefficient (Wildman–Crippen LogP) is 5.59. The molecule has 3 amide bonds. The normalized spacial score (nSPS) is 21.9. The molecule has 2 atom stereocenters. The minimum Gasteiger partial charge on any atom is -0.465 e. The third-order valence-corrected chi connectivity index (χ3v) is 8.53. The van der Waals surface area contributed by atoms with E-state index in [-0.39, 0.29) is 17.8 Å². The fraction of sp³-hybridized carbons (Fsp3) is 0.296. The lowest BCUT2D eigenvalue weighted by atomic mass is 9.80. The Labute approximate surface area is 229 Å². The van der Waals surface area contributed by atoms with Crippen molar-refractivity contribution in [3.8, 4) is 0 Å². The Bertz CT molecular complexity index is 1370. The van der Waals surface area contributed by atoms with Crippen LogP contribution >= 0.6 is 34.5 Å². The number of thiophene rings is 1. The second kappa shape index (κ2) is 9.76. The number of benzene rings is 2. The van der Waals surface area contributed by atoms with Crippen molar-refractivity contribution in [2.45, 2.75) is 24.9 Å². The quantitative estimate of drug-likeness (QED) is 0.302. The van der Waals surface area contributed by atoms with Gasteiger partial charge in [-0.05, 0) is 36.8 Å². The lowest BCUT2D eigenvalue weighted by Gasteiger charge is -2.34. The summed E-state index contributed by atoms with van der Waals surface area (Å²) in [6, 6.07) is 14.2. The number of imide groups is 1. The number of likely N-dealkylation sites (tertiary alicyclic amines) is 1. The van der Waals surface area contributed by atoms with Gasteiger partial charge in [0.25, 0.3) is 5.91 Å². The first-order chi connectivity index (χ1) is 17.6. The molecule has 1 spiro atoms.